The van der Waals surface area contributed by atoms with Crippen molar-refractivity contribution in [3.05, 3.63) is 53.6 Å². The second kappa shape index (κ2) is 8.47. The molecule has 26 heavy (non-hydrogen) atoms. The second-order valence-electron chi connectivity index (χ2n) is 7.00. The van der Waals surface area contributed by atoms with Gasteiger partial charge in [-0.25, -0.2) is 4.98 Å². The lowest BCUT2D eigenvalue weighted by molar-refractivity contribution is -0.128. The van der Waals surface area contributed by atoms with Crippen LogP contribution in [0.3, 0.4) is 0 Å². The van der Waals surface area contributed by atoms with E-state index in [0.29, 0.717) is 19.6 Å². The first-order chi connectivity index (χ1) is 12.5. The largest absolute Gasteiger partial charge is 0.375 e. The third kappa shape index (κ3) is 4.51. The van der Waals surface area contributed by atoms with Crippen LogP contribution in [0.25, 0.3) is 0 Å². The first kappa shape index (κ1) is 18.6. The lowest BCUT2D eigenvalue weighted by atomic mass is 10.2. The molecule has 1 unspecified atom stereocenters. The lowest BCUT2D eigenvalue weighted by Gasteiger charge is -2.33. The van der Waals surface area contributed by atoms with E-state index in [1.54, 1.807) is 19.0 Å². The molecule has 0 N–H and O–H groups in total. The van der Waals surface area contributed by atoms with E-state index in [4.69, 9.17) is 9.72 Å². The number of imidazole rings is 1. The zero-order chi connectivity index (χ0) is 18.5. The predicted molar refractivity (Wildman–Crippen MR) is 101 cm³/mol. The highest BCUT2D eigenvalue weighted by molar-refractivity contribution is 5.77. The third-order valence-corrected chi connectivity index (χ3v) is 4.87. The molecule has 0 saturated carbocycles. The van der Waals surface area contributed by atoms with Crippen LogP contribution in [-0.4, -0.2) is 59.0 Å². The Morgan fingerprint density at radius 2 is 2.04 bits per heavy atom. The maximum absolute atomic E-state index is 11.9. The van der Waals surface area contributed by atoms with Crippen molar-refractivity contribution in [1.82, 2.24) is 19.4 Å². The van der Waals surface area contributed by atoms with E-state index >= 15 is 0 Å². The normalized spacial score (nSPS) is 17.1. The fourth-order valence-electron chi connectivity index (χ4n) is 3.24. The van der Waals surface area contributed by atoms with Crippen molar-refractivity contribution in [1.29, 1.82) is 0 Å². The van der Waals surface area contributed by atoms with E-state index in [2.05, 4.69) is 28.5 Å². The van der Waals surface area contributed by atoms with Crippen LogP contribution in [0.4, 0.5) is 0 Å². The average Bonchev–Trinajstić information content (AvgIpc) is 3.04. The molecule has 2 aromatic rings. The third-order valence-electron chi connectivity index (χ3n) is 4.87. The van der Waals surface area contributed by atoms with E-state index in [9.17, 15) is 4.79 Å². The molecule has 140 valence electrons. The van der Waals surface area contributed by atoms with Gasteiger partial charge < -0.3 is 14.2 Å². The highest BCUT2D eigenvalue weighted by atomic mass is 16.5. The molecule has 0 fully saturated rings. The fraction of sp³-hybridized carbons (Fsp3) is 0.500. The Kier molecular flexibility index (Phi) is 6.06. The molecule has 1 aromatic heterocycles. The zero-order valence-corrected chi connectivity index (χ0v) is 15.9. The Hall–Kier alpha value is -2.18. The molecule has 0 radical (unpaired) electrons. The van der Waals surface area contributed by atoms with Gasteiger partial charge in [-0.2, -0.15) is 0 Å². The second-order valence-corrected chi connectivity index (χ2v) is 7.00. The highest BCUT2D eigenvalue weighted by Crippen LogP contribution is 2.24. The van der Waals surface area contributed by atoms with Crippen molar-refractivity contribution >= 4 is 5.91 Å². The van der Waals surface area contributed by atoms with Gasteiger partial charge in [0, 0.05) is 39.9 Å². The summed E-state index contributed by atoms with van der Waals surface area (Å²) in [4.78, 5) is 20.6. The number of carbonyl (C=O) groups is 1. The number of amides is 1. The van der Waals surface area contributed by atoms with Crippen LogP contribution in [0, 0.1) is 0 Å². The Morgan fingerprint density at radius 1 is 1.27 bits per heavy atom. The number of benzene rings is 1. The summed E-state index contributed by atoms with van der Waals surface area (Å²) >= 11 is 0. The molecule has 1 aliphatic rings. The van der Waals surface area contributed by atoms with Gasteiger partial charge in [-0.3, -0.25) is 9.69 Å². The number of hydrogen-bond acceptors (Lipinski definition) is 4. The van der Waals surface area contributed by atoms with Crippen molar-refractivity contribution in [2.45, 2.75) is 32.5 Å². The number of ether oxygens (including phenoxy) is 1. The SMILES string of the molecule is CC1c2nc(CC(=O)N(C)C)cn2CCN1CCOCc1ccccc1. The van der Waals surface area contributed by atoms with Gasteiger partial charge in [-0.15, -0.1) is 0 Å². The molecule has 0 spiro atoms. The molecule has 3 rings (SSSR count). The topological polar surface area (TPSA) is 50.6 Å². The first-order valence-corrected chi connectivity index (χ1v) is 9.16. The molecule has 1 aliphatic heterocycles. The minimum Gasteiger partial charge on any atom is -0.375 e. The van der Waals surface area contributed by atoms with Crippen LogP contribution < -0.4 is 0 Å². The Balaban J connectivity index is 1.51. The van der Waals surface area contributed by atoms with Gasteiger partial charge >= 0.3 is 0 Å². The summed E-state index contributed by atoms with van der Waals surface area (Å²) in [6.07, 6.45) is 2.39. The molecule has 6 nitrogen and oxygen atoms in total. The van der Waals surface area contributed by atoms with E-state index in [0.717, 1.165) is 31.2 Å². The molecule has 0 saturated heterocycles. The Labute approximate surface area is 155 Å². The number of likely N-dealkylation sites (N-methyl/N-ethyl adjacent to an activating group) is 1. The quantitative estimate of drug-likeness (QED) is 0.713. The molecule has 1 atom stereocenters. The van der Waals surface area contributed by atoms with Crippen LogP contribution in [0.1, 0.15) is 30.0 Å². The van der Waals surface area contributed by atoms with Crippen molar-refractivity contribution in [2.75, 3.05) is 33.8 Å². The molecule has 0 aliphatic carbocycles. The maximum atomic E-state index is 11.9. The average molecular weight is 356 g/mol. The van der Waals surface area contributed by atoms with Gasteiger partial charge in [-0.05, 0) is 12.5 Å². The number of carbonyl (C=O) groups excluding carboxylic acids is 1. The minimum absolute atomic E-state index is 0.0827. The van der Waals surface area contributed by atoms with E-state index in [1.165, 1.54) is 5.56 Å². The number of aromatic nitrogens is 2. The van der Waals surface area contributed by atoms with Crippen molar-refractivity contribution in [3.63, 3.8) is 0 Å². The Morgan fingerprint density at radius 3 is 2.77 bits per heavy atom. The van der Waals surface area contributed by atoms with Crippen molar-refractivity contribution in [3.8, 4) is 0 Å². The molecular formula is C20H28N4O2. The predicted octanol–water partition coefficient (Wildman–Crippen LogP) is 2.11. The minimum atomic E-state index is 0.0827. The molecule has 1 amide bonds. The molecule has 2 heterocycles. The summed E-state index contributed by atoms with van der Waals surface area (Å²) < 4.78 is 8.01. The van der Waals surface area contributed by atoms with E-state index < -0.39 is 0 Å². The number of fused-ring (bicyclic) bond motifs is 1. The van der Waals surface area contributed by atoms with Crippen LogP contribution in [0.2, 0.25) is 0 Å². The number of nitrogens with zero attached hydrogens (tertiary/aromatic N) is 4. The highest BCUT2D eigenvalue weighted by Gasteiger charge is 2.26. The van der Waals surface area contributed by atoms with Gasteiger partial charge in [0.05, 0.1) is 31.4 Å². The van der Waals surface area contributed by atoms with Gasteiger partial charge in [0.2, 0.25) is 5.91 Å². The maximum Gasteiger partial charge on any atom is 0.228 e. The molecular weight excluding hydrogens is 328 g/mol. The van der Waals surface area contributed by atoms with Crippen LogP contribution in [0.5, 0.6) is 0 Å². The van der Waals surface area contributed by atoms with Crippen LogP contribution in [-0.2, 0) is 29.1 Å². The zero-order valence-electron chi connectivity index (χ0n) is 15.9. The number of hydrogen-bond donors (Lipinski definition) is 0. The summed E-state index contributed by atoms with van der Waals surface area (Å²) in [6.45, 7) is 6.28. The number of rotatable bonds is 7. The van der Waals surface area contributed by atoms with Gasteiger partial charge in [0.1, 0.15) is 5.82 Å². The first-order valence-electron chi connectivity index (χ1n) is 9.16. The van der Waals surface area contributed by atoms with Crippen molar-refractivity contribution in [2.24, 2.45) is 0 Å². The molecule has 0 bridgehead atoms. The lowest BCUT2D eigenvalue weighted by Crippen LogP contribution is -2.38. The summed E-state index contributed by atoms with van der Waals surface area (Å²) in [5.74, 6) is 1.13. The van der Waals surface area contributed by atoms with Crippen molar-refractivity contribution < 1.29 is 9.53 Å². The fourth-order valence-corrected chi connectivity index (χ4v) is 3.24. The van der Waals surface area contributed by atoms with Crippen LogP contribution in [0.15, 0.2) is 36.5 Å². The molecule has 1 aromatic carbocycles. The van der Waals surface area contributed by atoms with Gasteiger partial charge in [0.15, 0.2) is 0 Å². The molecule has 6 heteroatoms. The van der Waals surface area contributed by atoms with Gasteiger partial charge in [0.25, 0.3) is 0 Å². The smallest absolute Gasteiger partial charge is 0.228 e. The summed E-state index contributed by atoms with van der Waals surface area (Å²) in [7, 11) is 3.55. The van der Waals surface area contributed by atoms with E-state index in [1.807, 2.05) is 24.4 Å². The Bertz CT molecular complexity index is 727. The summed E-state index contributed by atoms with van der Waals surface area (Å²) in [5, 5.41) is 0. The standard InChI is InChI=1S/C20H28N4O2/c1-16-20-21-18(13-19(25)22(2)3)14-24(20)10-9-23(16)11-12-26-15-17-7-5-4-6-8-17/h4-8,14,16H,9-13,15H2,1-3H3. The summed E-state index contributed by atoms with van der Waals surface area (Å²) in [5.41, 5.74) is 2.05. The van der Waals surface area contributed by atoms with Crippen LogP contribution >= 0.6 is 0 Å². The van der Waals surface area contributed by atoms with Gasteiger partial charge in [-0.1, -0.05) is 30.3 Å². The summed E-state index contributed by atoms with van der Waals surface area (Å²) in [6, 6.07) is 10.5. The monoisotopic (exact) mass is 356 g/mol. The van der Waals surface area contributed by atoms with E-state index in [-0.39, 0.29) is 11.9 Å².